The molecule has 2 aromatic heterocycles. The van der Waals surface area contributed by atoms with Crippen molar-refractivity contribution in [1.29, 1.82) is 0 Å². The van der Waals surface area contributed by atoms with Crippen LogP contribution in [0.15, 0.2) is 79.9 Å². The normalized spacial score (nSPS) is 13.1. The number of fused-ring (bicyclic) bond motifs is 1. The number of piperazine rings is 1. The van der Waals surface area contributed by atoms with E-state index in [0.29, 0.717) is 29.4 Å². The molecule has 11 heteroatoms. The number of anilines is 2. The number of allylic oxidation sites excluding steroid dienone is 2. The van der Waals surface area contributed by atoms with E-state index >= 15 is 0 Å². The number of H-pyrrole nitrogens is 2. The lowest BCUT2D eigenvalue weighted by atomic mass is 10.1. The maximum atomic E-state index is 12.7. The number of aromatic amines is 2. The summed E-state index contributed by atoms with van der Waals surface area (Å²) in [4.78, 5) is 35.6. The number of halogens is 1. The summed E-state index contributed by atoms with van der Waals surface area (Å²) in [6, 6.07) is 17.0. The zero-order valence-electron chi connectivity index (χ0n) is 21.5. The Bertz CT molecular complexity index is 1370. The van der Waals surface area contributed by atoms with Gasteiger partial charge in [-0.3, -0.25) is 19.6 Å². The Hall–Kier alpha value is -4.41. The molecule has 1 aliphatic heterocycles. The monoisotopic (exact) mass is 549 g/mol. The number of benzene rings is 2. The van der Waals surface area contributed by atoms with Crippen LogP contribution in [0.1, 0.15) is 16.8 Å². The molecule has 0 bridgehead atoms. The van der Waals surface area contributed by atoms with E-state index in [1.807, 2.05) is 36.4 Å². The minimum Gasteiger partial charge on any atom is -0.481 e. The summed E-state index contributed by atoms with van der Waals surface area (Å²) in [5.41, 5.74) is 4.06. The van der Waals surface area contributed by atoms with Crippen LogP contribution in [0, 0.1) is 0 Å². The molecule has 10 nitrogen and oxygen atoms in total. The number of carbonyl (C=O) groups excluding carboxylic acids is 1. The van der Waals surface area contributed by atoms with Crippen molar-refractivity contribution in [2.24, 2.45) is 0 Å². The van der Waals surface area contributed by atoms with Gasteiger partial charge in [0.25, 0.3) is 5.91 Å². The van der Waals surface area contributed by atoms with Gasteiger partial charge in [-0.2, -0.15) is 5.10 Å². The van der Waals surface area contributed by atoms with E-state index in [9.17, 15) is 9.59 Å². The number of nitrogens with one attached hydrogen (secondary N) is 3. The lowest BCUT2D eigenvalue weighted by Gasteiger charge is -2.35. The fourth-order valence-electron chi connectivity index (χ4n) is 4.08. The quantitative estimate of drug-likeness (QED) is 0.237. The summed E-state index contributed by atoms with van der Waals surface area (Å²) in [5, 5.41) is 18.8. The second kappa shape index (κ2) is 13.9. The molecule has 39 heavy (non-hydrogen) atoms. The average molecular weight is 550 g/mol. The number of carboxylic acids is 1. The molecule has 0 spiro atoms. The van der Waals surface area contributed by atoms with Crippen LogP contribution in [0.4, 0.5) is 11.5 Å². The fraction of sp³-hybridized carbons (Fsp3) is 0.214. The maximum Gasteiger partial charge on any atom is 0.304 e. The number of amides is 1. The second-order valence-electron chi connectivity index (χ2n) is 8.71. The fourth-order valence-corrected chi connectivity index (χ4v) is 4.08. The average Bonchev–Trinajstić information content (AvgIpc) is 3.59. The van der Waals surface area contributed by atoms with Crippen LogP contribution < -0.4 is 10.2 Å². The standard InChI is InChI=1S/C24H25N7O3.C4H6.ClH/c32-22(33)9-10-30-11-13-31(14-12-30)17-7-5-16(6-8-17)24(34)27-21-15-20(28-29-21)23-25-18-3-1-2-4-19(18)26-23;1-3-4-2;/h1-8,15H,9-14H2,(H,25,26)(H,32,33)(H2,27,28,29,34);3-4H,1-2H2;1H. The number of imidazole rings is 1. The molecule has 1 aliphatic rings. The van der Waals surface area contributed by atoms with Crippen molar-refractivity contribution in [3.8, 4) is 11.5 Å². The summed E-state index contributed by atoms with van der Waals surface area (Å²) >= 11 is 0. The number of carboxylic acid groups (broad SMARTS) is 1. The molecule has 0 radical (unpaired) electrons. The van der Waals surface area contributed by atoms with E-state index in [1.165, 1.54) is 0 Å². The van der Waals surface area contributed by atoms with Crippen LogP contribution in [-0.2, 0) is 4.79 Å². The number of rotatable bonds is 8. The minimum absolute atomic E-state index is 0. The Morgan fingerprint density at radius 1 is 1.03 bits per heavy atom. The smallest absolute Gasteiger partial charge is 0.304 e. The van der Waals surface area contributed by atoms with Gasteiger partial charge in [0, 0.05) is 50.0 Å². The highest BCUT2D eigenvalue weighted by molar-refractivity contribution is 6.04. The first-order valence-corrected chi connectivity index (χ1v) is 12.3. The molecule has 1 amide bonds. The van der Waals surface area contributed by atoms with Crippen molar-refractivity contribution in [3.05, 3.63) is 85.5 Å². The Labute approximate surface area is 232 Å². The molecule has 0 atom stereocenters. The molecular weight excluding hydrogens is 518 g/mol. The summed E-state index contributed by atoms with van der Waals surface area (Å²) in [7, 11) is 0. The van der Waals surface area contributed by atoms with E-state index in [-0.39, 0.29) is 24.7 Å². The van der Waals surface area contributed by atoms with Crippen LogP contribution in [0.2, 0.25) is 0 Å². The Morgan fingerprint density at radius 2 is 1.72 bits per heavy atom. The van der Waals surface area contributed by atoms with Gasteiger partial charge in [0.1, 0.15) is 5.69 Å². The molecule has 204 valence electrons. The zero-order valence-corrected chi connectivity index (χ0v) is 22.3. The van der Waals surface area contributed by atoms with Crippen LogP contribution >= 0.6 is 12.4 Å². The first-order valence-electron chi connectivity index (χ1n) is 12.3. The third-order valence-corrected chi connectivity index (χ3v) is 6.14. The molecule has 1 saturated heterocycles. The topological polar surface area (TPSA) is 130 Å². The van der Waals surface area contributed by atoms with Crippen LogP contribution in [-0.4, -0.2) is 74.8 Å². The molecule has 0 saturated carbocycles. The van der Waals surface area contributed by atoms with Crippen molar-refractivity contribution in [2.45, 2.75) is 6.42 Å². The lowest BCUT2D eigenvalue weighted by molar-refractivity contribution is -0.137. The summed E-state index contributed by atoms with van der Waals surface area (Å²) in [6.07, 6.45) is 3.44. The predicted molar refractivity (Wildman–Crippen MR) is 157 cm³/mol. The number of hydrogen-bond donors (Lipinski definition) is 4. The maximum absolute atomic E-state index is 12.7. The molecule has 4 aromatic rings. The van der Waals surface area contributed by atoms with E-state index in [1.54, 1.807) is 30.4 Å². The molecular formula is C28H32ClN7O3. The highest BCUT2D eigenvalue weighted by Crippen LogP contribution is 2.22. The minimum atomic E-state index is -0.767. The SMILES string of the molecule is C=CC=C.Cl.O=C(O)CCN1CCN(c2ccc(C(=O)Nc3cc(-c4nc5ccccc5[nH]4)[nH]n3)cc2)CC1. The largest absolute Gasteiger partial charge is 0.481 e. The van der Waals surface area contributed by atoms with Crippen LogP contribution in [0.5, 0.6) is 0 Å². The van der Waals surface area contributed by atoms with Crippen molar-refractivity contribution < 1.29 is 14.7 Å². The summed E-state index contributed by atoms with van der Waals surface area (Å²) in [5.74, 6) is 0.0632. The zero-order chi connectivity index (χ0) is 26.9. The number of para-hydroxylation sites is 2. The highest BCUT2D eigenvalue weighted by atomic mass is 35.5. The van der Waals surface area contributed by atoms with Crippen molar-refractivity contribution >= 4 is 46.8 Å². The lowest BCUT2D eigenvalue weighted by Crippen LogP contribution is -2.46. The second-order valence-corrected chi connectivity index (χ2v) is 8.71. The van der Waals surface area contributed by atoms with Gasteiger partial charge in [-0.1, -0.05) is 37.4 Å². The Kier molecular flexibility index (Phi) is 10.4. The number of aliphatic carboxylic acids is 1. The third-order valence-electron chi connectivity index (χ3n) is 6.14. The van der Waals surface area contributed by atoms with Gasteiger partial charge in [-0.15, -0.1) is 12.4 Å². The molecule has 2 aromatic carbocycles. The van der Waals surface area contributed by atoms with Crippen molar-refractivity contribution in [2.75, 3.05) is 42.9 Å². The van der Waals surface area contributed by atoms with Gasteiger partial charge >= 0.3 is 5.97 Å². The number of aromatic nitrogens is 4. The molecule has 4 N–H and O–H groups in total. The number of carbonyl (C=O) groups is 2. The van der Waals surface area contributed by atoms with Crippen LogP contribution in [0.3, 0.4) is 0 Å². The third kappa shape index (κ3) is 7.79. The van der Waals surface area contributed by atoms with Gasteiger partial charge in [-0.25, -0.2) is 4.98 Å². The first-order chi connectivity index (χ1) is 18.5. The molecule has 1 fully saturated rings. The van der Waals surface area contributed by atoms with E-state index < -0.39 is 5.97 Å². The van der Waals surface area contributed by atoms with Crippen LogP contribution in [0.25, 0.3) is 22.6 Å². The number of hydrogen-bond acceptors (Lipinski definition) is 6. The van der Waals surface area contributed by atoms with Crippen molar-refractivity contribution in [1.82, 2.24) is 25.1 Å². The van der Waals surface area contributed by atoms with Crippen molar-refractivity contribution in [3.63, 3.8) is 0 Å². The van der Waals surface area contributed by atoms with Gasteiger partial charge in [0.05, 0.1) is 17.5 Å². The molecule has 3 heterocycles. The predicted octanol–water partition coefficient (Wildman–Crippen LogP) is 4.58. The van der Waals surface area contributed by atoms with Gasteiger partial charge in [0.15, 0.2) is 11.6 Å². The Morgan fingerprint density at radius 3 is 2.36 bits per heavy atom. The van der Waals surface area contributed by atoms with E-state index in [0.717, 1.165) is 42.9 Å². The summed E-state index contributed by atoms with van der Waals surface area (Å²) < 4.78 is 0. The number of nitrogens with zero attached hydrogens (tertiary/aromatic N) is 4. The highest BCUT2D eigenvalue weighted by Gasteiger charge is 2.18. The Balaban J connectivity index is 0.000000788. The molecule has 0 aliphatic carbocycles. The molecule has 0 unspecified atom stereocenters. The molecule has 5 rings (SSSR count). The first kappa shape index (κ1) is 29.2. The van der Waals surface area contributed by atoms with E-state index in [4.69, 9.17) is 5.11 Å². The van der Waals surface area contributed by atoms with Gasteiger partial charge in [0.2, 0.25) is 0 Å². The van der Waals surface area contributed by atoms with Gasteiger partial charge in [-0.05, 0) is 36.4 Å². The summed E-state index contributed by atoms with van der Waals surface area (Å²) in [6.45, 7) is 10.6. The van der Waals surface area contributed by atoms with E-state index in [2.05, 4.69) is 48.4 Å². The van der Waals surface area contributed by atoms with Gasteiger partial charge < -0.3 is 20.3 Å².